The molecule has 19 heavy (non-hydrogen) atoms. The van der Waals surface area contributed by atoms with Crippen LogP contribution < -0.4 is 5.73 Å². The summed E-state index contributed by atoms with van der Waals surface area (Å²) in [6.45, 7) is 0. The molecule has 0 spiro atoms. The summed E-state index contributed by atoms with van der Waals surface area (Å²) in [5.74, 6) is -0.780. The van der Waals surface area contributed by atoms with Crippen LogP contribution in [0.25, 0.3) is 16.7 Å². The molecule has 0 saturated carbocycles. The van der Waals surface area contributed by atoms with Crippen LogP contribution in [-0.4, -0.2) is 9.55 Å². The van der Waals surface area contributed by atoms with E-state index in [0.717, 1.165) is 0 Å². The Morgan fingerprint density at radius 2 is 1.89 bits per heavy atom. The van der Waals surface area contributed by atoms with Crippen LogP contribution in [0, 0.1) is 11.6 Å². The lowest BCUT2D eigenvalue weighted by atomic mass is 10.2. The van der Waals surface area contributed by atoms with E-state index in [4.69, 9.17) is 5.73 Å². The second-order valence-corrected chi connectivity index (χ2v) is 4.95. The number of rotatable bonds is 1. The van der Waals surface area contributed by atoms with Crippen molar-refractivity contribution in [3.05, 3.63) is 52.5 Å². The van der Waals surface area contributed by atoms with Crippen molar-refractivity contribution in [3.63, 3.8) is 0 Å². The zero-order valence-corrected chi connectivity index (χ0v) is 11.2. The molecule has 96 valence electrons. The summed E-state index contributed by atoms with van der Waals surface area (Å²) in [5, 5.41) is 0. The number of fused-ring (bicyclic) bond motifs is 1. The molecule has 0 saturated heterocycles. The first-order valence-corrected chi connectivity index (χ1v) is 6.24. The van der Waals surface area contributed by atoms with Crippen LogP contribution in [0.15, 0.2) is 40.9 Å². The molecule has 0 radical (unpaired) electrons. The second-order valence-electron chi connectivity index (χ2n) is 4.03. The van der Waals surface area contributed by atoms with Crippen LogP contribution in [0.1, 0.15) is 0 Å². The first kappa shape index (κ1) is 12.1. The largest absolute Gasteiger partial charge is 0.369 e. The lowest BCUT2D eigenvalue weighted by Gasteiger charge is -2.08. The number of hydrogen-bond acceptors (Lipinski definition) is 2. The van der Waals surface area contributed by atoms with Crippen LogP contribution in [0.3, 0.4) is 0 Å². The monoisotopic (exact) mass is 323 g/mol. The van der Waals surface area contributed by atoms with Gasteiger partial charge in [0.05, 0.1) is 16.7 Å². The zero-order valence-electron chi connectivity index (χ0n) is 9.57. The topological polar surface area (TPSA) is 43.8 Å². The van der Waals surface area contributed by atoms with Crippen molar-refractivity contribution in [1.29, 1.82) is 0 Å². The fraction of sp³-hybridized carbons (Fsp3) is 0. The number of nitrogens with zero attached hydrogens (tertiary/aromatic N) is 2. The highest BCUT2D eigenvalue weighted by molar-refractivity contribution is 9.10. The first-order valence-electron chi connectivity index (χ1n) is 5.45. The summed E-state index contributed by atoms with van der Waals surface area (Å²) in [4.78, 5) is 4.09. The maximum atomic E-state index is 14.0. The van der Waals surface area contributed by atoms with Gasteiger partial charge in [0, 0.05) is 10.5 Å². The Kier molecular flexibility index (Phi) is 2.74. The van der Waals surface area contributed by atoms with Crippen molar-refractivity contribution in [2.45, 2.75) is 0 Å². The lowest BCUT2D eigenvalue weighted by Crippen LogP contribution is -2.03. The Morgan fingerprint density at radius 3 is 2.63 bits per heavy atom. The normalized spacial score (nSPS) is 11.1. The third-order valence-electron chi connectivity index (χ3n) is 2.79. The van der Waals surface area contributed by atoms with E-state index in [1.807, 2.05) is 0 Å². The van der Waals surface area contributed by atoms with E-state index in [1.165, 1.54) is 28.8 Å². The average Bonchev–Trinajstić information content (AvgIpc) is 2.65. The van der Waals surface area contributed by atoms with Gasteiger partial charge in [0.2, 0.25) is 5.95 Å². The van der Waals surface area contributed by atoms with Crippen LogP contribution >= 0.6 is 15.9 Å². The predicted molar refractivity (Wildman–Crippen MR) is 73.1 cm³/mol. The number of halogens is 3. The molecule has 3 nitrogen and oxygen atoms in total. The third-order valence-corrected chi connectivity index (χ3v) is 3.29. The molecule has 0 aliphatic carbocycles. The van der Waals surface area contributed by atoms with E-state index in [-0.39, 0.29) is 11.6 Å². The molecule has 6 heteroatoms. The van der Waals surface area contributed by atoms with Crippen LogP contribution in [0.2, 0.25) is 0 Å². The Morgan fingerprint density at radius 1 is 1.11 bits per heavy atom. The maximum Gasteiger partial charge on any atom is 0.206 e. The minimum Gasteiger partial charge on any atom is -0.369 e. The fourth-order valence-electron chi connectivity index (χ4n) is 1.98. The summed E-state index contributed by atoms with van der Waals surface area (Å²) < 4.78 is 29.3. The van der Waals surface area contributed by atoms with Crippen LogP contribution in [0.4, 0.5) is 14.7 Å². The van der Waals surface area contributed by atoms with Crippen molar-refractivity contribution < 1.29 is 8.78 Å². The highest BCUT2D eigenvalue weighted by Gasteiger charge is 2.14. The van der Waals surface area contributed by atoms with Crippen LogP contribution in [-0.2, 0) is 0 Å². The van der Waals surface area contributed by atoms with E-state index < -0.39 is 11.6 Å². The maximum absolute atomic E-state index is 14.0. The molecule has 2 aromatic carbocycles. The highest BCUT2D eigenvalue weighted by atomic mass is 79.9. The number of anilines is 1. The number of imidazole rings is 1. The quantitative estimate of drug-likeness (QED) is 0.742. The first-order chi connectivity index (χ1) is 9.06. The SMILES string of the molecule is Nc1nc2ccc(F)cc2n1-c1ccc(Br)cc1F. The molecule has 3 rings (SSSR count). The molecular weight excluding hydrogens is 316 g/mol. The third kappa shape index (κ3) is 1.98. The predicted octanol–water partition coefficient (Wildman–Crippen LogP) is 3.65. The van der Waals surface area contributed by atoms with Gasteiger partial charge in [-0.2, -0.15) is 0 Å². The van der Waals surface area contributed by atoms with Gasteiger partial charge in [0.1, 0.15) is 11.6 Å². The molecule has 0 bridgehead atoms. The van der Waals surface area contributed by atoms with Crippen molar-refractivity contribution in [1.82, 2.24) is 9.55 Å². The zero-order chi connectivity index (χ0) is 13.6. The molecule has 1 heterocycles. The van der Waals surface area contributed by atoms with E-state index in [0.29, 0.717) is 15.5 Å². The van der Waals surface area contributed by atoms with E-state index in [1.54, 1.807) is 12.1 Å². The van der Waals surface area contributed by atoms with E-state index in [9.17, 15) is 8.78 Å². The van der Waals surface area contributed by atoms with Crippen molar-refractivity contribution in [2.24, 2.45) is 0 Å². The standard InChI is InChI=1S/C13H8BrF2N3/c14-7-1-4-11(9(16)5-7)19-12-6-8(15)2-3-10(12)18-13(19)17/h1-6H,(H2,17,18). The Labute approximate surface area is 115 Å². The van der Waals surface area contributed by atoms with Crippen molar-refractivity contribution in [2.75, 3.05) is 5.73 Å². The van der Waals surface area contributed by atoms with E-state index in [2.05, 4.69) is 20.9 Å². The van der Waals surface area contributed by atoms with Gasteiger partial charge in [0.15, 0.2) is 0 Å². The number of nitrogen functional groups attached to an aromatic ring is 1. The lowest BCUT2D eigenvalue weighted by molar-refractivity contribution is 0.617. The summed E-state index contributed by atoms with van der Waals surface area (Å²) in [7, 11) is 0. The molecule has 2 N–H and O–H groups in total. The van der Waals surface area contributed by atoms with Gasteiger partial charge in [-0.15, -0.1) is 0 Å². The molecular formula is C13H8BrF2N3. The highest BCUT2D eigenvalue weighted by Crippen LogP contribution is 2.26. The summed E-state index contributed by atoms with van der Waals surface area (Å²) in [5.41, 5.74) is 6.97. The van der Waals surface area contributed by atoms with E-state index >= 15 is 0 Å². The van der Waals surface area contributed by atoms with Crippen molar-refractivity contribution >= 4 is 32.9 Å². The van der Waals surface area contributed by atoms with Gasteiger partial charge in [-0.05, 0) is 30.3 Å². The van der Waals surface area contributed by atoms with Gasteiger partial charge < -0.3 is 5.73 Å². The Bertz CT molecular complexity index is 783. The molecule has 0 amide bonds. The minimum atomic E-state index is -0.468. The Balaban J connectivity index is 2.35. The average molecular weight is 324 g/mol. The molecule has 1 aromatic heterocycles. The van der Waals surface area contributed by atoms with Gasteiger partial charge >= 0.3 is 0 Å². The van der Waals surface area contributed by atoms with Crippen LogP contribution in [0.5, 0.6) is 0 Å². The summed E-state index contributed by atoms with van der Waals surface area (Å²) in [6.07, 6.45) is 0. The molecule has 3 aromatic rings. The molecule has 0 unspecified atom stereocenters. The second kappa shape index (κ2) is 4.31. The Hall–Kier alpha value is -1.95. The number of aromatic nitrogens is 2. The van der Waals surface area contributed by atoms with Gasteiger partial charge in [-0.25, -0.2) is 13.8 Å². The van der Waals surface area contributed by atoms with Gasteiger partial charge in [-0.1, -0.05) is 15.9 Å². The molecule has 0 aliphatic rings. The number of nitrogens with two attached hydrogens (primary N) is 1. The smallest absolute Gasteiger partial charge is 0.206 e. The van der Waals surface area contributed by atoms with Gasteiger partial charge in [-0.3, -0.25) is 4.57 Å². The summed E-state index contributed by atoms with van der Waals surface area (Å²) >= 11 is 3.18. The van der Waals surface area contributed by atoms with Crippen molar-refractivity contribution in [3.8, 4) is 5.69 Å². The number of benzene rings is 2. The molecule has 0 atom stereocenters. The molecule has 0 aliphatic heterocycles. The minimum absolute atomic E-state index is 0.113. The molecule has 0 fully saturated rings. The fourth-order valence-corrected chi connectivity index (χ4v) is 2.32. The number of hydrogen-bond donors (Lipinski definition) is 1. The van der Waals surface area contributed by atoms with Gasteiger partial charge in [0.25, 0.3) is 0 Å². The summed E-state index contributed by atoms with van der Waals surface area (Å²) in [6, 6.07) is 8.64.